The van der Waals surface area contributed by atoms with Crippen LogP contribution in [-0.4, -0.2) is 148 Å². The first-order valence-electron chi connectivity index (χ1n) is 23.5. The number of amides is 1. The number of rotatable bonds is 31. The first kappa shape index (κ1) is 52.2. The molecule has 18 nitrogen and oxygen atoms in total. The van der Waals surface area contributed by atoms with Gasteiger partial charge in [0, 0.05) is 55.3 Å². The first-order chi connectivity index (χ1) is 32.7. The van der Waals surface area contributed by atoms with Crippen LogP contribution in [0.15, 0.2) is 60.8 Å². The van der Waals surface area contributed by atoms with Gasteiger partial charge in [-0.05, 0) is 66.9 Å². The highest BCUT2D eigenvalue weighted by atomic mass is 16.5. The number of aryl methyl sites for hydroxylation is 1. The number of benzene rings is 3. The molecule has 6 N–H and O–H groups in total. The third-order valence-electron chi connectivity index (χ3n) is 12.0. The Morgan fingerprint density at radius 3 is 1.69 bits per heavy atom. The van der Waals surface area contributed by atoms with Crippen molar-refractivity contribution in [2.24, 2.45) is 0 Å². The van der Waals surface area contributed by atoms with Gasteiger partial charge in [0.2, 0.25) is 5.91 Å². The summed E-state index contributed by atoms with van der Waals surface area (Å²) in [6.45, 7) is 3.21. The lowest BCUT2D eigenvalue weighted by Gasteiger charge is -2.35. The van der Waals surface area contributed by atoms with Crippen molar-refractivity contribution in [2.75, 3.05) is 81.9 Å². The number of aromatic nitrogens is 1. The van der Waals surface area contributed by atoms with E-state index in [1.165, 1.54) is 76.0 Å². The minimum absolute atomic E-state index is 0.0115. The second-order valence-corrected chi connectivity index (χ2v) is 17.1. The van der Waals surface area contributed by atoms with E-state index in [0.717, 1.165) is 35.9 Å². The number of aromatic amines is 1. The van der Waals surface area contributed by atoms with Crippen molar-refractivity contribution in [3.8, 4) is 22.6 Å². The molecule has 1 amide bonds. The number of carboxylic acid groups (broad SMARTS) is 5. The molecule has 1 aliphatic rings. The maximum Gasteiger partial charge on any atom is 0.335 e. The van der Waals surface area contributed by atoms with Gasteiger partial charge < -0.3 is 54.7 Å². The molecular formula is C50H65N5O13. The number of hydrogen-bond acceptors (Lipinski definition) is 11. The van der Waals surface area contributed by atoms with E-state index in [9.17, 15) is 54.3 Å². The SMILES string of the molecule is CCCCCCCCCCCCN1CCN(C(=O)CCc2ccc(N(CC(=O)O)CC(=O)O)c(OCCOc3cc(-c4c[nH]c5cc(C(=O)O)ccc45)ccc3N(CC(=O)O)CC(=O)O)c2)CC1. The number of aliphatic carboxylic acids is 4. The van der Waals surface area contributed by atoms with Crippen molar-refractivity contribution >= 4 is 58.0 Å². The normalized spacial score (nSPS) is 12.8. The number of anilines is 2. The molecule has 1 aliphatic heterocycles. The number of aromatic carboxylic acids is 1. The fraction of sp³-hybridized carbons (Fsp3) is 0.480. The smallest absolute Gasteiger partial charge is 0.335 e. The third-order valence-corrected chi connectivity index (χ3v) is 12.0. The molecule has 1 saturated heterocycles. The Morgan fingerprint density at radius 1 is 0.618 bits per heavy atom. The van der Waals surface area contributed by atoms with Gasteiger partial charge in [-0.3, -0.25) is 28.9 Å². The summed E-state index contributed by atoms with van der Waals surface area (Å²) in [5.74, 6) is -5.93. The summed E-state index contributed by atoms with van der Waals surface area (Å²) >= 11 is 0. The quantitative estimate of drug-likeness (QED) is 0.0280. The lowest BCUT2D eigenvalue weighted by molar-refractivity contribution is -0.138. The molecule has 0 bridgehead atoms. The first-order valence-corrected chi connectivity index (χ1v) is 23.5. The zero-order chi connectivity index (χ0) is 49.0. The Bertz CT molecular complexity index is 2310. The molecule has 0 saturated carbocycles. The van der Waals surface area contributed by atoms with E-state index in [4.69, 9.17) is 9.47 Å². The Labute approximate surface area is 396 Å². The standard InChI is InChI=1S/C50H65N5O13/c1-2-3-4-5-6-7-8-9-10-11-20-52-21-23-53(24-22-52)45(56)19-13-35-12-17-41(54(31-46(57)58)32-47(59)60)43(27-35)67-25-26-68-44-29-36(15-18-42(44)55(33-48(61)62)34-49(63)64)39-30-51-40-28-37(50(65)66)14-16-38(39)40/h12,14-18,27-30,51H,2-11,13,19-26,31-34H2,1H3,(H,57,58)(H,59,60)(H,61,62)(H,63,64)(H,65,66). The number of carboxylic acids is 5. The summed E-state index contributed by atoms with van der Waals surface area (Å²) in [7, 11) is 0. The number of carbonyl (C=O) groups excluding carboxylic acids is 1. The molecule has 0 aliphatic carbocycles. The van der Waals surface area contributed by atoms with Gasteiger partial charge >= 0.3 is 29.8 Å². The molecular weight excluding hydrogens is 879 g/mol. The van der Waals surface area contributed by atoms with E-state index >= 15 is 0 Å². The van der Waals surface area contributed by atoms with Gasteiger partial charge in [-0.15, -0.1) is 0 Å². The predicted molar refractivity (Wildman–Crippen MR) is 256 cm³/mol. The molecule has 0 atom stereocenters. The van der Waals surface area contributed by atoms with Crippen LogP contribution >= 0.6 is 0 Å². The number of hydrogen-bond donors (Lipinski definition) is 6. The fourth-order valence-electron chi connectivity index (χ4n) is 8.51. The summed E-state index contributed by atoms with van der Waals surface area (Å²) < 4.78 is 12.3. The molecule has 0 spiro atoms. The van der Waals surface area contributed by atoms with Gasteiger partial charge in [-0.25, -0.2) is 4.79 Å². The minimum Gasteiger partial charge on any atom is -0.488 e. The van der Waals surface area contributed by atoms with Gasteiger partial charge in [0.1, 0.15) is 50.9 Å². The number of ether oxygens (including phenoxy) is 2. The van der Waals surface area contributed by atoms with E-state index in [1.54, 1.807) is 42.6 Å². The molecule has 5 rings (SSSR count). The summed E-state index contributed by atoms with van der Waals surface area (Å²) in [6.07, 6.45) is 15.1. The van der Waals surface area contributed by atoms with Gasteiger partial charge in [0.05, 0.1) is 16.9 Å². The summed E-state index contributed by atoms with van der Waals surface area (Å²) in [6, 6.07) is 14.3. The second-order valence-electron chi connectivity index (χ2n) is 17.1. The van der Waals surface area contributed by atoms with E-state index in [2.05, 4.69) is 16.8 Å². The predicted octanol–water partition coefficient (Wildman–Crippen LogP) is 6.94. The van der Waals surface area contributed by atoms with Crippen LogP contribution in [0.4, 0.5) is 11.4 Å². The van der Waals surface area contributed by atoms with E-state index in [-0.39, 0.29) is 54.0 Å². The van der Waals surface area contributed by atoms with Crippen molar-refractivity contribution < 1.29 is 63.8 Å². The van der Waals surface area contributed by atoms with Crippen LogP contribution in [0, 0.1) is 0 Å². The average molecular weight is 944 g/mol. The third kappa shape index (κ3) is 16.2. The summed E-state index contributed by atoms with van der Waals surface area (Å²) in [4.78, 5) is 82.0. The highest BCUT2D eigenvalue weighted by molar-refractivity contribution is 6.00. The lowest BCUT2D eigenvalue weighted by atomic mass is 10.0. The number of nitrogens with zero attached hydrogens (tertiary/aromatic N) is 4. The number of H-pyrrole nitrogens is 1. The number of fused-ring (bicyclic) bond motifs is 1. The highest BCUT2D eigenvalue weighted by Gasteiger charge is 2.24. The Balaban J connectivity index is 1.25. The number of carbonyl (C=O) groups is 6. The van der Waals surface area contributed by atoms with Crippen LogP contribution in [0.1, 0.15) is 93.5 Å². The molecule has 3 aromatic carbocycles. The molecule has 368 valence electrons. The lowest BCUT2D eigenvalue weighted by Crippen LogP contribution is -2.48. The molecule has 0 radical (unpaired) electrons. The Hall–Kier alpha value is -6.82. The van der Waals surface area contributed by atoms with E-state index in [0.29, 0.717) is 47.1 Å². The van der Waals surface area contributed by atoms with Crippen molar-refractivity contribution in [3.63, 3.8) is 0 Å². The zero-order valence-corrected chi connectivity index (χ0v) is 38.8. The molecule has 68 heavy (non-hydrogen) atoms. The van der Waals surface area contributed by atoms with Gasteiger partial charge in [-0.2, -0.15) is 0 Å². The fourth-order valence-corrected chi connectivity index (χ4v) is 8.51. The molecule has 18 heteroatoms. The molecule has 1 fully saturated rings. The van der Waals surface area contributed by atoms with Crippen LogP contribution in [0.5, 0.6) is 11.5 Å². The Morgan fingerprint density at radius 2 is 1.15 bits per heavy atom. The molecule has 1 aromatic heterocycles. The van der Waals surface area contributed by atoms with Crippen molar-refractivity contribution in [1.29, 1.82) is 0 Å². The van der Waals surface area contributed by atoms with E-state index in [1.807, 2.05) is 4.90 Å². The monoisotopic (exact) mass is 943 g/mol. The van der Waals surface area contributed by atoms with Crippen molar-refractivity contribution in [1.82, 2.24) is 14.8 Å². The van der Waals surface area contributed by atoms with Crippen LogP contribution in [0.25, 0.3) is 22.0 Å². The van der Waals surface area contributed by atoms with E-state index < -0.39 is 56.0 Å². The topological polar surface area (TPSA) is 251 Å². The largest absolute Gasteiger partial charge is 0.488 e. The Kier molecular flexibility index (Phi) is 20.3. The van der Waals surface area contributed by atoms with Crippen LogP contribution in [0.2, 0.25) is 0 Å². The zero-order valence-electron chi connectivity index (χ0n) is 38.8. The second kappa shape index (κ2) is 26.5. The van der Waals surface area contributed by atoms with Crippen LogP contribution in [0.3, 0.4) is 0 Å². The maximum absolute atomic E-state index is 13.4. The average Bonchev–Trinajstić information content (AvgIpc) is 3.73. The number of unbranched alkanes of at least 4 members (excludes halogenated alkanes) is 9. The van der Waals surface area contributed by atoms with Gasteiger partial charge in [0.15, 0.2) is 0 Å². The minimum atomic E-state index is -1.28. The molecule has 0 unspecified atom stereocenters. The van der Waals surface area contributed by atoms with Gasteiger partial charge in [-0.1, -0.05) is 82.9 Å². The molecule has 4 aromatic rings. The van der Waals surface area contributed by atoms with Crippen molar-refractivity contribution in [2.45, 2.75) is 84.0 Å². The van der Waals surface area contributed by atoms with Crippen LogP contribution < -0.4 is 19.3 Å². The maximum atomic E-state index is 13.4. The molecule has 2 heterocycles. The summed E-state index contributed by atoms with van der Waals surface area (Å²) in [5, 5.41) is 48.8. The highest BCUT2D eigenvalue weighted by Crippen LogP contribution is 2.37. The number of piperazine rings is 1. The van der Waals surface area contributed by atoms with Crippen molar-refractivity contribution in [3.05, 3.63) is 71.9 Å². The summed E-state index contributed by atoms with van der Waals surface area (Å²) in [5.41, 5.74) is 2.91. The van der Waals surface area contributed by atoms with Gasteiger partial charge in [0.25, 0.3) is 0 Å². The number of nitrogens with one attached hydrogen (secondary N) is 1. The van der Waals surface area contributed by atoms with Crippen LogP contribution in [-0.2, 0) is 30.4 Å².